The van der Waals surface area contributed by atoms with Gasteiger partial charge in [0.05, 0.1) is 18.2 Å². The van der Waals surface area contributed by atoms with Crippen molar-refractivity contribution in [1.82, 2.24) is 10.6 Å². The number of hydrogen-bond donors (Lipinski definition) is 2. The third kappa shape index (κ3) is 4.34. The van der Waals surface area contributed by atoms with Gasteiger partial charge in [0.15, 0.2) is 11.6 Å². The van der Waals surface area contributed by atoms with Crippen LogP contribution in [0.5, 0.6) is 0 Å². The van der Waals surface area contributed by atoms with Crippen molar-refractivity contribution in [2.75, 3.05) is 6.54 Å². The second-order valence-electron chi connectivity index (χ2n) is 5.13. The van der Waals surface area contributed by atoms with Crippen LogP contribution in [-0.4, -0.2) is 18.4 Å². The van der Waals surface area contributed by atoms with E-state index in [-0.39, 0.29) is 12.1 Å². The van der Waals surface area contributed by atoms with Gasteiger partial charge in [-0.3, -0.25) is 9.59 Å². The maximum Gasteiger partial charge on any atom is 0.254 e. The van der Waals surface area contributed by atoms with E-state index in [0.29, 0.717) is 5.56 Å². The molecule has 0 aromatic heterocycles. The molecule has 2 aromatic carbocycles. The van der Waals surface area contributed by atoms with Gasteiger partial charge in [0.25, 0.3) is 5.91 Å². The Morgan fingerprint density at radius 2 is 1.71 bits per heavy atom. The molecular formula is C17H15F3N2O2. The largest absolute Gasteiger partial charge is 0.348 e. The third-order valence-corrected chi connectivity index (χ3v) is 3.35. The number of halogens is 3. The first-order valence-electron chi connectivity index (χ1n) is 7.15. The fourth-order valence-electron chi connectivity index (χ4n) is 2.06. The van der Waals surface area contributed by atoms with Gasteiger partial charge in [-0.25, -0.2) is 13.2 Å². The van der Waals surface area contributed by atoms with Gasteiger partial charge in [-0.2, -0.15) is 0 Å². The Labute approximate surface area is 136 Å². The second-order valence-corrected chi connectivity index (χ2v) is 5.13. The highest BCUT2D eigenvalue weighted by atomic mass is 19.2. The average Bonchev–Trinajstić information content (AvgIpc) is 2.55. The lowest BCUT2D eigenvalue weighted by Crippen LogP contribution is -2.38. The molecule has 1 atom stereocenters. The lowest BCUT2D eigenvalue weighted by molar-refractivity contribution is -0.120. The van der Waals surface area contributed by atoms with Crippen molar-refractivity contribution < 1.29 is 22.8 Å². The van der Waals surface area contributed by atoms with E-state index in [1.54, 1.807) is 6.92 Å². The second kappa shape index (κ2) is 7.63. The topological polar surface area (TPSA) is 58.2 Å². The molecule has 4 nitrogen and oxygen atoms in total. The molecule has 0 aliphatic heterocycles. The van der Waals surface area contributed by atoms with Crippen molar-refractivity contribution in [3.05, 3.63) is 71.0 Å². The molecular weight excluding hydrogens is 321 g/mol. The van der Waals surface area contributed by atoms with Crippen LogP contribution in [0.3, 0.4) is 0 Å². The smallest absolute Gasteiger partial charge is 0.254 e. The van der Waals surface area contributed by atoms with Gasteiger partial charge in [0.1, 0.15) is 5.82 Å². The molecule has 0 heterocycles. The van der Waals surface area contributed by atoms with Crippen LogP contribution in [-0.2, 0) is 4.79 Å². The number of carbonyl (C=O) groups is 2. The predicted octanol–water partition coefficient (Wildman–Crippen LogP) is 2.71. The Kier molecular flexibility index (Phi) is 5.57. The van der Waals surface area contributed by atoms with Gasteiger partial charge < -0.3 is 10.6 Å². The zero-order valence-corrected chi connectivity index (χ0v) is 12.8. The van der Waals surface area contributed by atoms with Crippen molar-refractivity contribution in [2.45, 2.75) is 13.0 Å². The van der Waals surface area contributed by atoms with Gasteiger partial charge in [-0.15, -0.1) is 0 Å². The quantitative estimate of drug-likeness (QED) is 0.882. The molecule has 126 valence electrons. The summed E-state index contributed by atoms with van der Waals surface area (Å²) < 4.78 is 39.5. The maximum atomic E-state index is 13.4. The van der Waals surface area contributed by atoms with Crippen LogP contribution in [0.15, 0.2) is 42.5 Å². The summed E-state index contributed by atoms with van der Waals surface area (Å²) >= 11 is 0. The van der Waals surface area contributed by atoms with Crippen molar-refractivity contribution in [3.63, 3.8) is 0 Å². The molecule has 0 bridgehead atoms. The summed E-state index contributed by atoms with van der Waals surface area (Å²) in [6.45, 7) is 1.21. The maximum absolute atomic E-state index is 13.4. The van der Waals surface area contributed by atoms with Gasteiger partial charge in [-0.05, 0) is 36.8 Å². The summed E-state index contributed by atoms with van der Waals surface area (Å²) in [5.74, 6) is -3.94. The number of carbonyl (C=O) groups excluding carboxylic acids is 2. The molecule has 0 spiro atoms. The molecule has 7 heteroatoms. The minimum atomic E-state index is -1.01. The van der Waals surface area contributed by atoms with Crippen LogP contribution in [0.25, 0.3) is 0 Å². The van der Waals surface area contributed by atoms with E-state index >= 15 is 0 Å². The molecule has 0 fully saturated rings. The summed E-state index contributed by atoms with van der Waals surface area (Å²) in [7, 11) is 0. The zero-order valence-electron chi connectivity index (χ0n) is 12.8. The van der Waals surface area contributed by atoms with Gasteiger partial charge in [0, 0.05) is 0 Å². The molecule has 0 aliphatic carbocycles. The molecule has 0 saturated heterocycles. The summed E-state index contributed by atoms with van der Waals surface area (Å²) in [6, 6.07) is 8.10. The summed E-state index contributed by atoms with van der Waals surface area (Å²) in [4.78, 5) is 23.6. The molecule has 2 rings (SSSR count). The van der Waals surface area contributed by atoms with Crippen molar-refractivity contribution >= 4 is 11.8 Å². The average molecular weight is 336 g/mol. The molecule has 1 unspecified atom stereocenters. The Bertz CT molecular complexity index is 765. The number of amides is 2. The SMILES string of the molecule is CC(NC(=O)CNC(=O)c1ccccc1F)c1ccc(F)c(F)c1. The van der Waals surface area contributed by atoms with Crippen LogP contribution in [0.1, 0.15) is 28.9 Å². The summed E-state index contributed by atoms with van der Waals surface area (Å²) in [6.07, 6.45) is 0. The van der Waals surface area contributed by atoms with E-state index in [4.69, 9.17) is 0 Å². The van der Waals surface area contributed by atoms with E-state index in [1.807, 2.05) is 0 Å². The minimum absolute atomic E-state index is 0.168. The van der Waals surface area contributed by atoms with Gasteiger partial charge >= 0.3 is 0 Å². The number of nitrogens with one attached hydrogen (secondary N) is 2. The molecule has 0 aliphatic rings. The summed E-state index contributed by atoms with van der Waals surface area (Å²) in [5, 5.41) is 4.82. The molecule has 0 saturated carbocycles. The zero-order chi connectivity index (χ0) is 17.7. The van der Waals surface area contributed by atoms with Crippen molar-refractivity contribution in [3.8, 4) is 0 Å². The third-order valence-electron chi connectivity index (χ3n) is 3.35. The highest BCUT2D eigenvalue weighted by molar-refractivity contribution is 5.96. The van der Waals surface area contributed by atoms with Crippen molar-refractivity contribution in [2.24, 2.45) is 0 Å². The first-order valence-corrected chi connectivity index (χ1v) is 7.15. The normalized spacial score (nSPS) is 11.7. The van der Waals surface area contributed by atoms with Crippen LogP contribution in [0.4, 0.5) is 13.2 Å². The highest BCUT2D eigenvalue weighted by Gasteiger charge is 2.15. The lowest BCUT2D eigenvalue weighted by atomic mass is 10.1. The van der Waals surface area contributed by atoms with Crippen LogP contribution >= 0.6 is 0 Å². The number of benzene rings is 2. The Balaban J connectivity index is 1.90. The van der Waals surface area contributed by atoms with Gasteiger partial charge in [-0.1, -0.05) is 18.2 Å². The van der Waals surface area contributed by atoms with E-state index in [9.17, 15) is 22.8 Å². The monoisotopic (exact) mass is 336 g/mol. The lowest BCUT2D eigenvalue weighted by Gasteiger charge is -2.15. The molecule has 24 heavy (non-hydrogen) atoms. The molecule has 2 N–H and O–H groups in total. The highest BCUT2D eigenvalue weighted by Crippen LogP contribution is 2.15. The molecule has 2 amide bonds. The molecule has 0 radical (unpaired) electrons. The fraction of sp³-hybridized carbons (Fsp3) is 0.176. The van der Waals surface area contributed by atoms with Gasteiger partial charge in [0.2, 0.25) is 5.91 Å². The van der Waals surface area contributed by atoms with E-state index in [0.717, 1.165) is 18.2 Å². The number of hydrogen-bond acceptors (Lipinski definition) is 2. The van der Waals surface area contributed by atoms with Crippen LogP contribution in [0, 0.1) is 17.5 Å². The predicted molar refractivity (Wildman–Crippen MR) is 81.6 cm³/mol. The van der Waals surface area contributed by atoms with Crippen molar-refractivity contribution in [1.29, 1.82) is 0 Å². The van der Waals surface area contributed by atoms with Crippen LogP contribution < -0.4 is 10.6 Å². The van der Waals surface area contributed by atoms with E-state index in [2.05, 4.69) is 10.6 Å². The Morgan fingerprint density at radius 3 is 2.38 bits per heavy atom. The van der Waals surface area contributed by atoms with Crippen LogP contribution in [0.2, 0.25) is 0 Å². The molecule has 2 aromatic rings. The first kappa shape index (κ1) is 17.5. The fourth-order valence-corrected chi connectivity index (χ4v) is 2.06. The first-order chi connectivity index (χ1) is 11.4. The number of rotatable bonds is 5. The van der Waals surface area contributed by atoms with E-state index in [1.165, 1.54) is 24.3 Å². The van der Waals surface area contributed by atoms with E-state index < -0.39 is 35.3 Å². The summed E-state index contributed by atoms with van der Waals surface area (Å²) in [5.41, 5.74) is 0.210. The minimum Gasteiger partial charge on any atom is -0.348 e. The Hall–Kier alpha value is -2.83. The standard InChI is InChI=1S/C17H15F3N2O2/c1-10(11-6-7-14(19)15(20)8-11)22-16(23)9-21-17(24)12-4-2-3-5-13(12)18/h2-8,10H,9H2,1H3,(H,21,24)(H,22,23). The Morgan fingerprint density at radius 1 is 1.00 bits per heavy atom.